The topological polar surface area (TPSA) is 99.0 Å². The van der Waals surface area contributed by atoms with Gasteiger partial charge < -0.3 is 4.74 Å². The molecule has 3 aromatic rings. The van der Waals surface area contributed by atoms with Gasteiger partial charge in [-0.05, 0) is 18.9 Å². The van der Waals surface area contributed by atoms with Gasteiger partial charge in [0.2, 0.25) is 11.0 Å². The van der Waals surface area contributed by atoms with Crippen LogP contribution in [0.4, 0.5) is 5.13 Å². The average Bonchev–Trinajstić information content (AvgIpc) is 3.29. The molecule has 1 amide bonds. The summed E-state index contributed by atoms with van der Waals surface area (Å²) in [5.41, 5.74) is -0.300. The van der Waals surface area contributed by atoms with E-state index in [0.29, 0.717) is 10.5 Å². The first-order chi connectivity index (χ1) is 12.2. The number of ether oxygens (including phenoxy) is 1. The van der Waals surface area contributed by atoms with Crippen molar-refractivity contribution in [3.8, 4) is 0 Å². The summed E-state index contributed by atoms with van der Waals surface area (Å²) < 4.78 is 6.69. The van der Waals surface area contributed by atoms with E-state index in [2.05, 4.69) is 20.6 Å². The molecule has 0 spiro atoms. The van der Waals surface area contributed by atoms with Crippen LogP contribution >= 0.6 is 11.3 Å². The lowest BCUT2D eigenvalue weighted by Crippen LogP contribution is -2.29. The molecule has 1 saturated heterocycles. The van der Waals surface area contributed by atoms with Crippen LogP contribution in [0.1, 0.15) is 24.0 Å². The Bertz CT molecular complexity index is 977. The van der Waals surface area contributed by atoms with Gasteiger partial charge in [0.1, 0.15) is 17.7 Å². The smallest absolute Gasteiger partial charge is 0.275 e. The van der Waals surface area contributed by atoms with E-state index in [-0.39, 0.29) is 24.1 Å². The number of nitrogens with zero attached hydrogens (tertiary/aromatic N) is 4. The average molecular weight is 357 g/mol. The van der Waals surface area contributed by atoms with E-state index >= 15 is 0 Å². The SMILES string of the molecule is O=C(Cn1ncc2ccccc2c1=O)Nc1nnc([C@H]2CCCO2)s1. The number of rotatable bonds is 4. The second-order valence-electron chi connectivity index (χ2n) is 5.69. The third-order valence-corrected chi connectivity index (χ3v) is 4.88. The molecule has 4 rings (SSSR count). The second kappa shape index (κ2) is 6.69. The van der Waals surface area contributed by atoms with Gasteiger partial charge in [0.05, 0.1) is 11.6 Å². The Morgan fingerprint density at radius 2 is 2.24 bits per heavy atom. The van der Waals surface area contributed by atoms with Crippen LogP contribution in [-0.2, 0) is 16.1 Å². The third kappa shape index (κ3) is 3.28. The number of benzene rings is 1. The van der Waals surface area contributed by atoms with Crippen LogP contribution in [0.15, 0.2) is 35.3 Å². The summed E-state index contributed by atoms with van der Waals surface area (Å²) in [4.78, 5) is 24.6. The van der Waals surface area contributed by atoms with E-state index in [4.69, 9.17) is 4.74 Å². The number of aromatic nitrogens is 4. The molecule has 1 fully saturated rings. The van der Waals surface area contributed by atoms with Gasteiger partial charge in [0.25, 0.3) is 5.56 Å². The first-order valence-corrected chi connectivity index (χ1v) is 8.72. The zero-order valence-electron chi connectivity index (χ0n) is 13.2. The maximum Gasteiger partial charge on any atom is 0.275 e. The highest BCUT2D eigenvalue weighted by molar-refractivity contribution is 7.15. The maximum atomic E-state index is 12.4. The van der Waals surface area contributed by atoms with Crippen molar-refractivity contribution in [1.82, 2.24) is 20.0 Å². The summed E-state index contributed by atoms with van der Waals surface area (Å²) in [5.74, 6) is -0.375. The second-order valence-corrected chi connectivity index (χ2v) is 6.70. The number of anilines is 1. The maximum absolute atomic E-state index is 12.4. The third-order valence-electron chi connectivity index (χ3n) is 3.95. The van der Waals surface area contributed by atoms with Gasteiger partial charge in [0.15, 0.2) is 0 Å². The predicted octanol–water partition coefficient (Wildman–Crippen LogP) is 1.74. The van der Waals surface area contributed by atoms with Crippen LogP contribution < -0.4 is 10.9 Å². The Morgan fingerprint density at radius 3 is 3.08 bits per heavy atom. The van der Waals surface area contributed by atoms with E-state index in [1.54, 1.807) is 18.3 Å². The molecule has 0 radical (unpaired) electrons. The minimum Gasteiger partial charge on any atom is -0.371 e. The lowest BCUT2D eigenvalue weighted by Gasteiger charge is -2.05. The molecule has 3 heterocycles. The molecule has 0 unspecified atom stereocenters. The van der Waals surface area contributed by atoms with E-state index in [1.807, 2.05) is 12.1 Å². The van der Waals surface area contributed by atoms with Gasteiger partial charge in [-0.3, -0.25) is 14.9 Å². The summed E-state index contributed by atoms with van der Waals surface area (Å²) >= 11 is 1.29. The Morgan fingerprint density at radius 1 is 1.36 bits per heavy atom. The fourth-order valence-electron chi connectivity index (χ4n) is 2.72. The Kier molecular flexibility index (Phi) is 4.24. The van der Waals surface area contributed by atoms with E-state index in [1.165, 1.54) is 11.3 Å². The fraction of sp³-hybridized carbons (Fsp3) is 0.312. The molecule has 8 nitrogen and oxygen atoms in total. The number of carbonyl (C=O) groups excluding carboxylic acids is 1. The molecule has 9 heteroatoms. The van der Waals surface area contributed by atoms with Crippen molar-refractivity contribution >= 4 is 33.1 Å². The Hall–Kier alpha value is -2.65. The highest BCUT2D eigenvalue weighted by Crippen LogP contribution is 2.31. The lowest BCUT2D eigenvalue weighted by molar-refractivity contribution is -0.117. The predicted molar refractivity (Wildman–Crippen MR) is 92.5 cm³/mol. The van der Waals surface area contributed by atoms with Gasteiger partial charge in [-0.15, -0.1) is 10.2 Å². The van der Waals surface area contributed by atoms with Crippen molar-refractivity contribution in [1.29, 1.82) is 0 Å². The zero-order valence-corrected chi connectivity index (χ0v) is 14.0. The molecule has 1 aliphatic heterocycles. The molecule has 0 aliphatic carbocycles. The fourth-order valence-corrected chi connectivity index (χ4v) is 3.57. The van der Waals surface area contributed by atoms with Crippen molar-refractivity contribution in [2.45, 2.75) is 25.5 Å². The summed E-state index contributed by atoms with van der Waals surface area (Å²) in [6.45, 7) is 0.543. The van der Waals surface area contributed by atoms with Gasteiger partial charge in [-0.1, -0.05) is 29.5 Å². The van der Waals surface area contributed by atoms with Gasteiger partial charge >= 0.3 is 0 Å². The molecular formula is C16H15N5O3S. The van der Waals surface area contributed by atoms with E-state index in [9.17, 15) is 9.59 Å². The number of nitrogens with one attached hydrogen (secondary N) is 1. The number of carbonyl (C=O) groups is 1. The molecule has 2 aromatic heterocycles. The first kappa shape index (κ1) is 15.9. The standard InChI is InChI=1S/C16H15N5O3S/c22-13(18-16-20-19-14(25-16)12-6-3-7-24-12)9-21-15(23)11-5-2-1-4-10(11)8-17-21/h1-2,4-5,8,12H,3,6-7,9H2,(H,18,20,22)/t12-/m1/s1. The molecule has 1 aliphatic rings. The minimum absolute atomic E-state index is 0.0343. The summed E-state index contributed by atoms with van der Waals surface area (Å²) in [6, 6.07) is 7.14. The van der Waals surface area contributed by atoms with Crippen LogP contribution in [0.3, 0.4) is 0 Å². The number of hydrogen-bond acceptors (Lipinski definition) is 7. The lowest BCUT2D eigenvalue weighted by atomic mass is 10.2. The zero-order chi connectivity index (χ0) is 17.2. The molecule has 0 bridgehead atoms. The van der Waals surface area contributed by atoms with Gasteiger partial charge in [0, 0.05) is 12.0 Å². The van der Waals surface area contributed by atoms with Gasteiger partial charge in [-0.2, -0.15) is 5.10 Å². The van der Waals surface area contributed by atoms with Crippen LogP contribution in [-0.4, -0.2) is 32.5 Å². The largest absolute Gasteiger partial charge is 0.371 e. The number of fused-ring (bicyclic) bond motifs is 1. The quantitative estimate of drug-likeness (QED) is 0.763. The van der Waals surface area contributed by atoms with Crippen LogP contribution in [0, 0.1) is 0 Å². The molecule has 1 aromatic carbocycles. The minimum atomic E-state index is -0.375. The monoisotopic (exact) mass is 357 g/mol. The van der Waals surface area contributed by atoms with Gasteiger partial charge in [-0.25, -0.2) is 4.68 Å². The molecule has 1 N–H and O–H groups in total. The van der Waals surface area contributed by atoms with Crippen molar-refractivity contribution < 1.29 is 9.53 Å². The van der Waals surface area contributed by atoms with E-state index < -0.39 is 0 Å². The van der Waals surface area contributed by atoms with Crippen molar-refractivity contribution in [3.05, 3.63) is 45.8 Å². The van der Waals surface area contributed by atoms with Crippen molar-refractivity contribution in [3.63, 3.8) is 0 Å². The summed E-state index contributed by atoms with van der Waals surface area (Å²) in [7, 11) is 0. The van der Waals surface area contributed by atoms with Crippen molar-refractivity contribution in [2.75, 3.05) is 11.9 Å². The highest BCUT2D eigenvalue weighted by Gasteiger charge is 2.22. The number of hydrogen-bond donors (Lipinski definition) is 1. The normalized spacial score (nSPS) is 17.0. The van der Waals surface area contributed by atoms with Crippen LogP contribution in [0.25, 0.3) is 10.8 Å². The molecule has 25 heavy (non-hydrogen) atoms. The molecule has 0 saturated carbocycles. The Labute approximate surface area is 146 Å². The highest BCUT2D eigenvalue weighted by atomic mass is 32.1. The molecular weight excluding hydrogens is 342 g/mol. The van der Waals surface area contributed by atoms with Crippen LogP contribution in [0.5, 0.6) is 0 Å². The molecule has 1 atom stereocenters. The van der Waals surface area contributed by atoms with E-state index in [0.717, 1.165) is 34.5 Å². The summed E-state index contributed by atoms with van der Waals surface area (Å²) in [5, 5.41) is 17.2. The summed E-state index contributed by atoms with van der Waals surface area (Å²) in [6.07, 6.45) is 3.46. The number of amides is 1. The first-order valence-electron chi connectivity index (χ1n) is 7.90. The Balaban J connectivity index is 1.47. The molecule has 128 valence electrons. The van der Waals surface area contributed by atoms with Crippen molar-refractivity contribution in [2.24, 2.45) is 0 Å². The van der Waals surface area contributed by atoms with Crippen LogP contribution in [0.2, 0.25) is 0 Å².